The van der Waals surface area contributed by atoms with Gasteiger partial charge in [-0.05, 0) is 44.5 Å². The maximum absolute atomic E-state index is 12.9. The van der Waals surface area contributed by atoms with Crippen molar-refractivity contribution in [1.29, 1.82) is 0 Å². The molecule has 0 bridgehead atoms. The van der Waals surface area contributed by atoms with Gasteiger partial charge in [-0.15, -0.1) is 10.2 Å². The van der Waals surface area contributed by atoms with Gasteiger partial charge in [0, 0.05) is 17.1 Å². The minimum atomic E-state index is -0.398. The van der Waals surface area contributed by atoms with Crippen LogP contribution in [0.3, 0.4) is 0 Å². The van der Waals surface area contributed by atoms with Crippen LogP contribution in [0.4, 0.5) is 5.13 Å². The summed E-state index contributed by atoms with van der Waals surface area (Å²) >= 11 is 8.52. The SMILES string of the molecule is CCOc1cc(C(=O)Nc2nnc(SCC(=O)NCc3ccccc3Cl)s2)cc(OCC)c1OCC. The van der Waals surface area contributed by atoms with Gasteiger partial charge in [0.05, 0.1) is 25.6 Å². The first-order valence-corrected chi connectivity index (χ1v) is 13.5. The third-order valence-corrected chi connectivity index (χ3v) is 6.90. The lowest BCUT2D eigenvalue weighted by Crippen LogP contribution is -2.24. The fraction of sp³-hybridized carbons (Fsp3) is 0.333. The van der Waals surface area contributed by atoms with Crippen LogP contribution in [-0.4, -0.2) is 47.6 Å². The molecule has 192 valence electrons. The van der Waals surface area contributed by atoms with Crippen LogP contribution in [-0.2, 0) is 11.3 Å². The van der Waals surface area contributed by atoms with Gasteiger partial charge in [-0.25, -0.2) is 0 Å². The number of nitrogens with zero attached hydrogens (tertiary/aromatic N) is 2. The minimum Gasteiger partial charge on any atom is -0.490 e. The van der Waals surface area contributed by atoms with Crippen LogP contribution in [0.5, 0.6) is 17.2 Å². The molecule has 0 aliphatic rings. The zero-order valence-corrected chi connectivity index (χ0v) is 22.5. The Morgan fingerprint density at radius 2 is 1.67 bits per heavy atom. The van der Waals surface area contributed by atoms with E-state index in [9.17, 15) is 9.59 Å². The molecular weight excluding hydrogens is 524 g/mol. The second kappa shape index (κ2) is 13.9. The number of carbonyl (C=O) groups is 2. The predicted molar refractivity (Wildman–Crippen MR) is 142 cm³/mol. The Morgan fingerprint density at radius 3 is 2.31 bits per heavy atom. The van der Waals surface area contributed by atoms with Gasteiger partial charge >= 0.3 is 0 Å². The molecule has 0 atom stereocenters. The lowest BCUT2D eigenvalue weighted by atomic mass is 10.1. The van der Waals surface area contributed by atoms with Crippen LogP contribution >= 0.6 is 34.7 Å². The standard InChI is InChI=1S/C24H27ClN4O5S2/c1-4-32-18-11-16(12-19(33-5-2)21(18)34-6-3)22(31)27-23-28-29-24(36-23)35-14-20(30)26-13-15-9-7-8-10-17(15)25/h7-12H,4-6,13-14H2,1-3H3,(H,26,30)(H,27,28,31). The van der Waals surface area contributed by atoms with Gasteiger partial charge in [0.25, 0.3) is 5.91 Å². The number of amides is 2. The summed E-state index contributed by atoms with van der Waals surface area (Å²) in [5.74, 6) is 0.896. The van der Waals surface area contributed by atoms with Crippen molar-refractivity contribution in [2.24, 2.45) is 0 Å². The van der Waals surface area contributed by atoms with Crippen molar-refractivity contribution in [1.82, 2.24) is 15.5 Å². The lowest BCUT2D eigenvalue weighted by molar-refractivity contribution is -0.118. The Morgan fingerprint density at radius 1 is 1.00 bits per heavy atom. The molecule has 0 unspecified atom stereocenters. The number of benzene rings is 2. The van der Waals surface area contributed by atoms with Crippen LogP contribution in [0, 0.1) is 0 Å². The van der Waals surface area contributed by atoms with E-state index >= 15 is 0 Å². The van der Waals surface area contributed by atoms with Crippen molar-refractivity contribution in [2.75, 3.05) is 30.9 Å². The van der Waals surface area contributed by atoms with Crippen molar-refractivity contribution in [3.63, 3.8) is 0 Å². The fourth-order valence-electron chi connectivity index (χ4n) is 3.02. The molecule has 2 aromatic carbocycles. The van der Waals surface area contributed by atoms with Crippen LogP contribution in [0.15, 0.2) is 40.7 Å². The van der Waals surface area contributed by atoms with Gasteiger partial charge in [-0.1, -0.05) is 52.9 Å². The van der Waals surface area contributed by atoms with Crippen LogP contribution in [0.25, 0.3) is 0 Å². The molecule has 2 amide bonds. The van der Waals surface area contributed by atoms with Crippen molar-refractivity contribution in [3.8, 4) is 17.2 Å². The number of halogens is 1. The molecule has 0 spiro atoms. The van der Waals surface area contributed by atoms with E-state index in [-0.39, 0.29) is 11.7 Å². The normalized spacial score (nSPS) is 10.6. The Hall–Kier alpha value is -3.02. The monoisotopic (exact) mass is 550 g/mol. The van der Waals surface area contributed by atoms with Crippen LogP contribution in [0.1, 0.15) is 36.7 Å². The van der Waals surface area contributed by atoms with Crippen molar-refractivity contribution < 1.29 is 23.8 Å². The maximum Gasteiger partial charge on any atom is 0.257 e. The first kappa shape index (κ1) is 27.6. The van der Waals surface area contributed by atoms with E-state index in [0.717, 1.165) is 5.56 Å². The second-order valence-electron chi connectivity index (χ2n) is 7.08. The number of hydrogen-bond donors (Lipinski definition) is 2. The lowest BCUT2D eigenvalue weighted by Gasteiger charge is -2.16. The number of aromatic nitrogens is 2. The second-order valence-corrected chi connectivity index (χ2v) is 9.69. The molecule has 0 saturated carbocycles. The Balaban J connectivity index is 1.60. The first-order chi connectivity index (χ1) is 17.4. The smallest absolute Gasteiger partial charge is 0.257 e. The highest BCUT2D eigenvalue weighted by Gasteiger charge is 2.19. The van der Waals surface area contributed by atoms with Gasteiger partial charge in [0.1, 0.15) is 0 Å². The summed E-state index contributed by atoms with van der Waals surface area (Å²) in [6, 6.07) is 10.5. The van der Waals surface area contributed by atoms with E-state index < -0.39 is 5.91 Å². The zero-order valence-electron chi connectivity index (χ0n) is 20.1. The van der Waals surface area contributed by atoms with Crippen LogP contribution < -0.4 is 24.8 Å². The summed E-state index contributed by atoms with van der Waals surface area (Å²) in [4.78, 5) is 25.1. The Kier molecular flexibility index (Phi) is 10.6. The van der Waals surface area contributed by atoms with Crippen molar-refractivity contribution >= 4 is 51.6 Å². The van der Waals surface area contributed by atoms with E-state index in [4.69, 9.17) is 25.8 Å². The molecule has 0 saturated heterocycles. The molecule has 12 heteroatoms. The van der Waals surface area contributed by atoms with Gasteiger partial charge in [-0.2, -0.15) is 0 Å². The van der Waals surface area contributed by atoms with E-state index in [0.29, 0.717) is 63.7 Å². The summed E-state index contributed by atoms with van der Waals surface area (Å²) in [5.41, 5.74) is 1.17. The molecular formula is C24H27ClN4O5S2. The Bertz CT molecular complexity index is 1160. The number of carbonyl (C=O) groups excluding carboxylic acids is 2. The van der Waals surface area contributed by atoms with Gasteiger partial charge in [-0.3, -0.25) is 14.9 Å². The molecule has 0 aliphatic carbocycles. The topological polar surface area (TPSA) is 112 Å². The predicted octanol–water partition coefficient (Wildman–Crippen LogP) is 5.05. The minimum absolute atomic E-state index is 0.154. The van der Waals surface area contributed by atoms with E-state index in [1.165, 1.54) is 23.1 Å². The number of nitrogens with one attached hydrogen (secondary N) is 2. The van der Waals surface area contributed by atoms with E-state index in [2.05, 4.69) is 20.8 Å². The maximum atomic E-state index is 12.9. The first-order valence-electron chi connectivity index (χ1n) is 11.3. The average molecular weight is 551 g/mol. The zero-order chi connectivity index (χ0) is 25.9. The molecule has 0 aliphatic heterocycles. The third-order valence-electron chi connectivity index (χ3n) is 4.56. The average Bonchev–Trinajstić information content (AvgIpc) is 3.31. The summed E-state index contributed by atoms with van der Waals surface area (Å²) in [6.45, 7) is 7.13. The highest BCUT2D eigenvalue weighted by Crippen LogP contribution is 2.39. The molecule has 1 aromatic heterocycles. The summed E-state index contributed by atoms with van der Waals surface area (Å²) in [7, 11) is 0. The summed E-state index contributed by atoms with van der Waals surface area (Å²) < 4.78 is 17.6. The van der Waals surface area contributed by atoms with Gasteiger partial charge in [0.15, 0.2) is 15.8 Å². The molecule has 36 heavy (non-hydrogen) atoms. The van der Waals surface area contributed by atoms with Crippen LogP contribution in [0.2, 0.25) is 5.02 Å². The Labute approximate surface area is 222 Å². The molecule has 0 radical (unpaired) electrons. The summed E-state index contributed by atoms with van der Waals surface area (Å²) in [5, 5.41) is 14.5. The van der Waals surface area contributed by atoms with Crippen molar-refractivity contribution in [2.45, 2.75) is 31.7 Å². The number of anilines is 1. The fourth-order valence-corrected chi connectivity index (χ4v) is 4.80. The van der Waals surface area contributed by atoms with E-state index in [1.54, 1.807) is 18.2 Å². The summed E-state index contributed by atoms with van der Waals surface area (Å²) in [6.07, 6.45) is 0. The molecule has 3 rings (SSSR count). The number of thioether (sulfide) groups is 1. The quantitative estimate of drug-likeness (QED) is 0.225. The number of rotatable bonds is 13. The highest BCUT2D eigenvalue weighted by atomic mass is 35.5. The van der Waals surface area contributed by atoms with E-state index in [1.807, 2.05) is 39.0 Å². The third kappa shape index (κ3) is 7.74. The molecule has 1 heterocycles. The van der Waals surface area contributed by atoms with Gasteiger partial charge in [0.2, 0.25) is 16.8 Å². The molecule has 2 N–H and O–H groups in total. The number of ether oxygens (including phenoxy) is 3. The highest BCUT2D eigenvalue weighted by molar-refractivity contribution is 8.01. The molecule has 0 fully saturated rings. The number of hydrogen-bond acceptors (Lipinski definition) is 9. The largest absolute Gasteiger partial charge is 0.490 e. The molecule has 3 aromatic rings. The molecule has 9 nitrogen and oxygen atoms in total. The van der Waals surface area contributed by atoms with Crippen molar-refractivity contribution in [3.05, 3.63) is 52.5 Å². The van der Waals surface area contributed by atoms with Gasteiger partial charge < -0.3 is 19.5 Å².